The van der Waals surface area contributed by atoms with Crippen molar-refractivity contribution in [3.63, 3.8) is 0 Å². The van der Waals surface area contributed by atoms with E-state index in [1.165, 1.54) is 12.1 Å². The van der Waals surface area contributed by atoms with Gasteiger partial charge in [0.25, 0.3) is 0 Å². The van der Waals surface area contributed by atoms with Crippen molar-refractivity contribution in [3.05, 3.63) is 65.0 Å². The molecule has 0 radical (unpaired) electrons. The third kappa shape index (κ3) is 4.34. The highest BCUT2D eigenvalue weighted by molar-refractivity contribution is 5.64. The second kappa shape index (κ2) is 8.36. The average molecular weight is 322 g/mol. The van der Waals surface area contributed by atoms with Crippen LogP contribution in [-0.4, -0.2) is 6.61 Å². The maximum atomic E-state index is 13.6. The molecule has 0 N–H and O–H groups in total. The van der Waals surface area contributed by atoms with Gasteiger partial charge in [-0.05, 0) is 36.8 Å². The van der Waals surface area contributed by atoms with Crippen LogP contribution >= 0.6 is 0 Å². The molecule has 0 atom stereocenters. The van der Waals surface area contributed by atoms with E-state index in [4.69, 9.17) is 20.0 Å². The highest BCUT2D eigenvalue weighted by Gasteiger charge is 2.08. The Morgan fingerprint density at radius 2 is 1.83 bits per heavy atom. The molecular formula is C19H15FN2O2. The van der Waals surface area contributed by atoms with Gasteiger partial charge in [-0.2, -0.15) is 10.5 Å². The van der Waals surface area contributed by atoms with E-state index in [1.807, 2.05) is 6.92 Å². The smallest absolute Gasteiger partial charge is 0.161 e. The van der Waals surface area contributed by atoms with E-state index in [0.717, 1.165) is 0 Å². The topological polar surface area (TPSA) is 66.0 Å². The van der Waals surface area contributed by atoms with Crippen molar-refractivity contribution < 1.29 is 13.9 Å². The normalized spacial score (nSPS) is 9.50. The molecule has 4 nitrogen and oxygen atoms in total. The third-order valence-corrected chi connectivity index (χ3v) is 3.16. The van der Waals surface area contributed by atoms with E-state index >= 15 is 0 Å². The standard InChI is InChI=1S/C19H15FN2O2/c1-2-23-19-10-14(9-15(11-21)12-22)7-8-18(19)24-13-16-5-3-4-6-17(16)20/h3-10H,2,13H2,1H3. The van der Waals surface area contributed by atoms with Crippen LogP contribution in [0.2, 0.25) is 0 Å². The highest BCUT2D eigenvalue weighted by atomic mass is 19.1. The van der Waals surface area contributed by atoms with Crippen LogP contribution in [0.25, 0.3) is 6.08 Å². The van der Waals surface area contributed by atoms with Gasteiger partial charge in [-0.1, -0.05) is 24.3 Å². The molecule has 120 valence electrons. The van der Waals surface area contributed by atoms with E-state index in [0.29, 0.717) is 29.2 Å². The summed E-state index contributed by atoms with van der Waals surface area (Å²) < 4.78 is 24.8. The maximum Gasteiger partial charge on any atom is 0.161 e. The molecule has 2 aromatic rings. The van der Waals surface area contributed by atoms with Gasteiger partial charge in [0.15, 0.2) is 11.5 Å². The van der Waals surface area contributed by atoms with Crippen LogP contribution in [0.3, 0.4) is 0 Å². The summed E-state index contributed by atoms with van der Waals surface area (Å²) in [5.74, 6) is 0.605. The predicted molar refractivity (Wildman–Crippen MR) is 87.5 cm³/mol. The van der Waals surface area contributed by atoms with Crippen molar-refractivity contribution in [2.45, 2.75) is 13.5 Å². The molecule has 0 saturated carbocycles. The number of rotatable bonds is 6. The van der Waals surface area contributed by atoms with E-state index in [9.17, 15) is 4.39 Å². The average Bonchev–Trinajstić information content (AvgIpc) is 2.60. The van der Waals surface area contributed by atoms with Gasteiger partial charge >= 0.3 is 0 Å². The molecule has 0 aliphatic heterocycles. The monoisotopic (exact) mass is 322 g/mol. The second-order valence-corrected chi connectivity index (χ2v) is 4.80. The number of halogens is 1. The van der Waals surface area contributed by atoms with Crippen LogP contribution in [0, 0.1) is 28.5 Å². The minimum Gasteiger partial charge on any atom is -0.490 e. The molecule has 0 saturated heterocycles. The Labute approximate surface area is 140 Å². The molecule has 5 heteroatoms. The molecule has 0 aromatic heterocycles. The van der Waals surface area contributed by atoms with E-state index in [1.54, 1.807) is 48.5 Å². The predicted octanol–water partition coefficient (Wildman–Crippen LogP) is 4.23. The first-order chi connectivity index (χ1) is 11.7. The quantitative estimate of drug-likeness (QED) is 0.746. The molecule has 0 unspecified atom stereocenters. The Morgan fingerprint density at radius 3 is 2.50 bits per heavy atom. The number of nitriles is 2. The molecule has 0 aliphatic rings. The molecular weight excluding hydrogens is 307 g/mol. The summed E-state index contributed by atoms with van der Waals surface area (Å²) in [6, 6.07) is 15.0. The van der Waals surface area contributed by atoms with Crippen molar-refractivity contribution in [1.29, 1.82) is 10.5 Å². The van der Waals surface area contributed by atoms with Crippen LogP contribution in [-0.2, 0) is 6.61 Å². The summed E-state index contributed by atoms with van der Waals surface area (Å²) in [6.07, 6.45) is 1.46. The summed E-state index contributed by atoms with van der Waals surface area (Å²) in [5, 5.41) is 17.6. The summed E-state index contributed by atoms with van der Waals surface area (Å²) >= 11 is 0. The lowest BCUT2D eigenvalue weighted by molar-refractivity contribution is 0.266. The highest BCUT2D eigenvalue weighted by Crippen LogP contribution is 2.30. The lowest BCUT2D eigenvalue weighted by atomic mass is 10.1. The van der Waals surface area contributed by atoms with Gasteiger partial charge in [-0.15, -0.1) is 0 Å². The van der Waals surface area contributed by atoms with Gasteiger partial charge in [0, 0.05) is 5.56 Å². The van der Waals surface area contributed by atoms with Gasteiger partial charge < -0.3 is 9.47 Å². The van der Waals surface area contributed by atoms with Gasteiger partial charge in [0.2, 0.25) is 0 Å². The Morgan fingerprint density at radius 1 is 1.08 bits per heavy atom. The van der Waals surface area contributed by atoms with Crippen LogP contribution in [0.15, 0.2) is 48.0 Å². The van der Waals surface area contributed by atoms with Crippen molar-refractivity contribution in [2.24, 2.45) is 0 Å². The number of hydrogen-bond acceptors (Lipinski definition) is 4. The zero-order valence-corrected chi connectivity index (χ0v) is 13.1. The molecule has 0 fully saturated rings. The molecule has 0 amide bonds. The number of hydrogen-bond donors (Lipinski definition) is 0. The minimum absolute atomic E-state index is 0.00234. The summed E-state index contributed by atoms with van der Waals surface area (Å²) in [4.78, 5) is 0. The van der Waals surface area contributed by atoms with E-state index in [-0.39, 0.29) is 18.0 Å². The molecule has 0 aliphatic carbocycles. The molecule has 2 rings (SSSR count). The van der Waals surface area contributed by atoms with E-state index in [2.05, 4.69) is 0 Å². The largest absolute Gasteiger partial charge is 0.490 e. The first kappa shape index (κ1) is 17.1. The SMILES string of the molecule is CCOc1cc(C=C(C#N)C#N)ccc1OCc1ccccc1F. The van der Waals surface area contributed by atoms with Crippen molar-refractivity contribution >= 4 is 6.08 Å². The Hall–Kier alpha value is -3.31. The molecule has 24 heavy (non-hydrogen) atoms. The summed E-state index contributed by atoms with van der Waals surface area (Å²) in [5.41, 5.74) is 1.09. The molecule has 2 aromatic carbocycles. The zero-order chi connectivity index (χ0) is 17.4. The minimum atomic E-state index is -0.331. The first-order valence-electron chi connectivity index (χ1n) is 7.33. The molecule has 0 spiro atoms. The fourth-order valence-corrected chi connectivity index (χ4v) is 2.03. The third-order valence-electron chi connectivity index (χ3n) is 3.16. The van der Waals surface area contributed by atoms with Crippen LogP contribution in [0.5, 0.6) is 11.5 Å². The lowest BCUT2D eigenvalue weighted by Gasteiger charge is -2.13. The Bertz CT molecular complexity index is 816. The van der Waals surface area contributed by atoms with Gasteiger partial charge in [-0.3, -0.25) is 0 Å². The maximum absolute atomic E-state index is 13.6. The molecule has 0 bridgehead atoms. The van der Waals surface area contributed by atoms with Crippen molar-refractivity contribution in [1.82, 2.24) is 0 Å². The van der Waals surface area contributed by atoms with Gasteiger partial charge in [-0.25, -0.2) is 4.39 Å². The number of ether oxygens (including phenoxy) is 2. The van der Waals surface area contributed by atoms with Gasteiger partial charge in [0.1, 0.15) is 30.1 Å². The Balaban J connectivity index is 2.24. The second-order valence-electron chi connectivity index (χ2n) is 4.80. The number of allylic oxidation sites excluding steroid dienone is 1. The van der Waals surface area contributed by atoms with E-state index < -0.39 is 0 Å². The Kier molecular flexibility index (Phi) is 5.94. The molecule has 0 heterocycles. The van der Waals surface area contributed by atoms with Crippen molar-refractivity contribution in [2.75, 3.05) is 6.61 Å². The zero-order valence-electron chi connectivity index (χ0n) is 13.1. The lowest BCUT2D eigenvalue weighted by Crippen LogP contribution is -2.01. The number of benzene rings is 2. The first-order valence-corrected chi connectivity index (χ1v) is 7.33. The fourth-order valence-electron chi connectivity index (χ4n) is 2.03. The summed E-state index contributed by atoms with van der Waals surface area (Å²) in [7, 11) is 0. The van der Waals surface area contributed by atoms with Crippen LogP contribution < -0.4 is 9.47 Å². The van der Waals surface area contributed by atoms with Crippen LogP contribution in [0.4, 0.5) is 4.39 Å². The summed E-state index contributed by atoms with van der Waals surface area (Å²) in [6.45, 7) is 2.33. The van der Waals surface area contributed by atoms with Crippen molar-refractivity contribution in [3.8, 4) is 23.6 Å². The number of nitrogens with zero attached hydrogens (tertiary/aromatic N) is 2. The fraction of sp³-hybridized carbons (Fsp3) is 0.158. The van der Waals surface area contributed by atoms with Crippen LogP contribution in [0.1, 0.15) is 18.1 Å². The van der Waals surface area contributed by atoms with Gasteiger partial charge in [0.05, 0.1) is 6.61 Å².